The zero-order valence-corrected chi connectivity index (χ0v) is 10.5. The van der Waals surface area contributed by atoms with Crippen LogP contribution in [0.5, 0.6) is 0 Å². The van der Waals surface area contributed by atoms with Crippen molar-refractivity contribution in [1.82, 2.24) is 0 Å². The molecule has 0 saturated heterocycles. The molecule has 2 rings (SSSR count). The Morgan fingerprint density at radius 2 is 2.00 bits per heavy atom. The molecule has 0 amide bonds. The predicted molar refractivity (Wildman–Crippen MR) is 75.7 cm³/mol. The first-order chi connectivity index (χ1) is 8.90. The van der Waals surface area contributed by atoms with Gasteiger partial charge in [-0.05, 0) is 42.9 Å². The minimum absolute atomic E-state index is 0.807. The summed E-state index contributed by atoms with van der Waals surface area (Å²) in [5.74, 6) is 0. The highest BCUT2D eigenvalue weighted by Gasteiger charge is 2.07. The lowest BCUT2D eigenvalue weighted by atomic mass is 9.94. The number of hydrogen-bond donors (Lipinski definition) is 0. The highest BCUT2D eigenvalue weighted by Crippen LogP contribution is 2.23. The van der Waals surface area contributed by atoms with E-state index in [0.29, 0.717) is 0 Å². The van der Waals surface area contributed by atoms with E-state index >= 15 is 0 Å². The predicted octanol–water partition coefficient (Wildman–Crippen LogP) is 4.65. The summed E-state index contributed by atoms with van der Waals surface area (Å²) in [7, 11) is 0. The lowest BCUT2D eigenvalue weighted by Gasteiger charge is -2.10. The van der Waals surface area contributed by atoms with Gasteiger partial charge in [0.1, 0.15) is 0 Å². The van der Waals surface area contributed by atoms with Crippen LogP contribution in [-0.2, 0) is 0 Å². The van der Waals surface area contributed by atoms with E-state index < -0.39 is 0 Å². The molecular formula is C17H17N. The molecule has 0 aliphatic heterocycles. The fourth-order valence-corrected chi connectivity index (χ4v) is 2.12. The number of benzene rings is 1. The average molecular weight is 235 g/mol. The molecule has 1 nitrogen and oxygen atoms in total. The molecule has 1 aliphatic carbocycles. The largest absolute Gasteiger partial charge is 0.192 e. The van der Waals surface area contributed by atoms with E-state index in [-0.39, 0.29) is 0 Å². The fraction of sp³-hybridized carbons (Fsp3) is 0.235. The van der Waals surface area contributed by atoms with Crippen molar-refractivity contribution in [3.8, 4) is 6.07 Å². The van der Waals surface area contributed by atoms with Crippen molar-refractivity contribution in [3.05, 3.63) is 65.3 Å². The summed E-state index contributed by atoms with van der Waals surface area (Å²) in [5.41, 5.74) is 3.17. The van der Waals surface area contributed by atoms with E-state index in [9.17, 15) is 5.26 Å². The summed E-state index contributed by atoms with van der Waals surface area (Å²) in [6.45, 7) is 0. The quantitative estimate of drug-likeness (QED) is 0.552. The van der Waals surface area contributed by atoms with Gasteiger partial charge in [-0.2, -0.15) is 5.26 Å². The normalized spacial score (nSPS) is 16.4. The van der Waals surface area contributed by atoms with Gasteiger partial charge < -0.3 is 0 Å². The summed E-state index contributed by atoms with van der Waals surface area (Å²) in [5, 5.41) is 9.18. The second-order valence-corrected chi connectivity index (χ2v) is 4.44. The molecular weight excluding hydrogens is 218 g/mol. The van der Waals surface area contributed by atoms with E-state index in [4.69, 9.17) is 0 Å². The molecule has 18 heavy (non-hydrogen) atoms. The summed E-state index contributed by atoms with van der Waals surface area (Å²) < 4.78 is 0. The number of rotatable bonds is 3. The second kappa shape index (κ2) is 6.61. The molecule has 1 heteroatoms. The Morgan fingerprint density at radius 1 is 1.17 bits per heavy atom. The molecule has 0 atom stereocenters. The van der Waals surface area contributed by atoms with Gasteiger partial charge in [-0.25, -0.2) is 0 Å². The monoisotopic (exact) mass is 235 g/mol. The van der Waals surface area contributed by atoms with Gasteiger partial charge in [-0.1, -0.05) is 48.6 Å². The zero-order valence-electron chi connectivity index (χ0n) is 10.5. The Bertz CT molecular complexity index is 512. The molecule has 0 unspecified atom stereocenters. The third-order valence-corrected chi connectivity index (χ3v) is 3.11. The van der Waals surface area contributed by atoms with Crippen molar-refractivity contribution in [2.24, 2.45) is 0 Å². The summed E-state index contributed by atoms with van der Waals surface area (Å²) in [6.07, 6.45) is 12.7. The summed E-state index contributed by atoms with van der Waals surface area (Å²) in [4.78, 5) is 0. The van der Waals surface area contributed by atoms with Crippen molar-refractivity contribution in [1.29, 1.82) is 5.26 Å². The smallest absolute Gasteiger partial charge is 0.0994 e. The zero-order chi connectivity index (χ0) is 12.6. The van der Waals surface area contributed by atoms with E-state index in [1.807, 2.05) is 36.4 Å². The Hall–Kier alpha value is -2.07. The van der Waals surface area contributed by atoms with Gasteiger partial charge in [0, 0.05) is 0 Å². The molecule has 1 aliphatic rings. The first-order valence-corrected chi connectivity index (χ1v) is 6.43. The fourth-order valence-electron chi connectivity index (χ4n) is 2.12. The average Bonchev–Trinajstić information content (AvgIpc) is 2.46. The van der Waals surface area contributed by atoms with Crippen LogP contribution >= 0.6 is 0 Å². The molecule has 0 spiro atoms. The van der Waals surface area contributed by atoms with Gasteiger partial charge in [0.2, 0.25) is 0 Å². The summed E-state index contributed by atoms with van der Waals surface area (Å²) >= 11 is 0. The van der Waals surface area contributed by atoms with E-state index in [1.165, 1.54) is 18.4 Å². The molecule has 0 aromatic heterocycles. The minimum Gasteiger partial charge on any atom is -0.192 e. The molecule has 90 valence electrons. The third kappa shape index (κ3) is 3.46. The molecule has 1 aromatic rings. The van der Waals surface area contributed by atoms with Crippen LogP contribution in [0, 0.1) is 11.3 Å². The minimum atomic E-state index is 0.807. The maximum absolute atomic E-state index is 9.18. The highest BCUT2D eigenvalue weighted by molar-refractivity contribution is 5.54. The molecule has 0 bridgehead atoms. The Balaban J connectivity index is 2.09. The number of hydrogen-bond acceptors (Lipinski definition) is 1. The van der Waals surface area contributed by atoms with Gasteiger partial charge in [-0.15, -0.1) is 0 Å². The second-order valence-electron chi connectivity index (χ2n) is 4.44. The van der Waals surface area contributed by atoms with Crippen LogP contribution in [0.1, 0.15) is 31.2 Å². The molecule has 0 N–H and O–H groups in total. The first kappa shape index (κ1) is 12.4. The first-order valence-electron chi connectivity index (χ1n) is 6.43. The maximum atomic E-state index is 9.18. The van der Waals surface area contributed by atoms with E-state index in [2.05, 4.69) is 24.3 Å². The standard InChI is InChI=1S/C17H17N/c18-14-17(16-11-5-2-6-12-16)13-7-10-15-8-3-1-4-9-15/h1,3-4,7-11,13H,2,5-6,12H2/b10-7+,17-13-. The Labute approximate surface area is 109 Å². The third-order valence-electron chi connectivity index (χ3n) is 3.11. The van der Waals surface area contributed by atoms with E-state index in [0.717, 1.165) is 24.0 Å². The highest BCUT2D eigenvalue weighted by atomic mass is 14.3. The molecule has 0 fully saturated rings. The molecule has 0 radical (unpaired) electrons. The SMILES string of the molecule is N#C/C(=C/C=C/c1ccccc1)C1=CCCCC1. The number of allylic oxidation sites excluding steroid dienone is 5. The van der Waals surface area contributed by atoms with Gasteiger partial charge in [-0.3, -0.25) is 0 Å². The topological polar surface area (TPSA) is 23.8 Å². The van der Waals surface area contributed by atoms with Gasteiger partial charge in [0.15, 0.2) is 0 Å². The lowest BCUT2D eigenvalue weighted by Crippen LogP contribution is -1.93. The van der Waals surface area contributed by atoms with Crippen LogP contribution in [0.3, 0.4) is 0 Å². The van der Waals surface area contributed by atoms with Crippen LogP contribution < -0.4 is 0 Å². The van der Waals surface area contributed by atoms with Crippen LogP contribution in [0.15, 0.2) is 59.7 Å². The number of nitrogens with zero attached hydrogens (tertiary/aromatic N) is 1. The molecule has 1 aromatic carbocycles. The molecule has 0 heterocycles. The van der Waals surface area contributed by atoms with Crippen LogP contribution in [0.4, 0.5) is 0 Å². The van der Waals surface area contributed by atoms with Crippen molar-refractivity contribution in [3.63, 3.8) is 0 Å². The number of nitriles is 1. The Kier molecular flexibility index (Phi) is 4.55. The van der Waals surface area contributed by atoms with Crippen LogP contribution in [0.25, 0.3) is 6.08 Å². The van der Waals surface area contributed by atoms with Crippen molar-refractivity contribution < 1.29 is 0 Å². The van der Waals surface area contributed by atoms with E-state index in [1.54, 1.807) is 0 Å². The van der Waals surface area contributed by atoms with Gasteiger partial charge in [0.05, 0.1) is 11.6 Å². The van der Waals surface area contributed by atoms with Crippen molar-refractivity contribution >= 4 is 6.08 Å². The molecule has 0 saturated carbocycles. The van der Waals surface area contributed by atoms with Crippen LogP contribution in [0.2, 0.25) is 0 Å². The van der Waals surface area contributed by atoms with Gasteiger partial charge >= 0.3 is 0 Å². The summed E-state index contributed by atoms with van der Waals surface area (Å²) in [6, 6.07) is 12.4. The van der Waals surface area contributed by atoms with Crippen LogP contribution in [-0.4, -0.2) is 0 Å². The van der Waals surface area contributed by atoms with Gasteiger partial charge in [0.25, 0.3) is 0 Å². The maximum Gasteiger partial charge on any atom is 0.0994 e. The lowest BCUT2D eigenvalue weighted by molar-refractivity contribution is 0.708. The Morgan fingerprint density at radius 3 is 2.67 bits per heavy atom. The van der Waals surface area contributed by atoms with Crippen molar-refractivity contribution in [2.45, 2.75) is 25.7 Å². The van der Waals surface area contributed by atoms with Crippen molar-refractivity contribution in [2.75, 3.05) is 0 Å².